The normalized spacial score (nSPS) is 19.1. The highest BCUT2D eigenvalue weighted by Crippen LogP contribution is 2.34. The summed E-state index contributed by atoms with van der Waals surface area (Å²) in [7, 11) is 2.17. The summed E-state index contributed by atoms with van der Waals surface area (Å²) in [6.45, 7) is 1.72. The van der Waals surface area contributed by atoms with E-state index in [1.54, 1.807) is 6.20 Å². The van der Waals surface area contributed by atoms with Gasteiger partial charge in [0.15, 0.2) is 0 Å². The van der Waals surface area contributed by atoms with Gasteiger partial charge in [0.2, 0.25) is 5.88 Å². The third-order valence-corrected chi connectivity index (χ3v) is 3.90. The van der Waals surface area contributed by atoms with Crippen molar-refractivity contribution >= 4 is 0 Å². The minimum absolute atomic E-state index is 0.439. The molecular formula is C17H20N2O. The molecule has 1 saturated heterocycles. The largest absolute Gasteiger partial charge is 0.473 e. The van der Waals surface area contributed by atoms with Gasteiger partial charge in [-0.15, -0.1) is 0 Å². The van der Waals surface area contributed by atoms with E-state index in [1.165, 1.54) is 24.0 Å². The second-order valence-electron chi connectivity index (χ2n) is 5.31. The lowest BCUT2D eigenvalue weighted by Crippen LogP contribution is -2.18. The molecule has 20 heavy (non-hydrogen) atoms. The Morgan fingerprint density at radius 2 is 2.05 bits per heavy atom. The molecule has 1 atom stereocenters. The van der Waals surface area contributed by atoms with E-state index in [9.17, 15) is 0 Å². The molecule has 0 spiro atoms. The molecule has 0 radical (unpaired) electrons. The van der Waals surface area contributed by atoms with Crippen LogP contribution in [0.25, 0.3) is 0 Å². The third kappa shape index (κ3) is 2.83. The van der Waals surface area contributed by atoms with Crippen LogP contribution in [-0.2, 0) is 6.61 Å². The van der Waals surface area contributed by atoms with Crippen molar-refractivity contribution in [1.29, 1.82) is 0 Å². The van der Waals surface area contributed by atoms with Crippen LogP contribution in [0, 0.1) is 0 Å². The van der Waals surface area contributed by atoms with Crippen molar-refractivity contribution in [3.05, 3.63) is 59.8 Å². The van der Waals surface area contributed by atoms with Crippen molar-refractivity contribution in [2.24, 2.45) is 0 Å². The average Bonchev–Trinajstić information content (AvgIpc) is 2.92. The molecule has 2 heterocycles. The first-order chi connectivity index (χ1) is 9.84. The average molecular weight is 268 g/mol. The van der Waals surface area contributed by atoms with Crippen LogP contribution in [0.5, 0.6) is 5.88 Å². The van der Waals surface area contributed by atoms with Gasteiger partial charge < -0.3 is 4.74 Å². The van der Waals surface area contributed by atoms with Crippen molar-refractivity contribution in [1.82, 2.24) is 9.88 Å². The SMILES string of the molecule is CN1CCC[C@@H]1c1cccnc1OCc1ccccc1. The predicted molar refractivity (Wildman–Crippen MR) is 79.6 cm³/mol. The fourth-order valence-corrected chi connectivity index (χ4v) is 2.81. The lowest BCUT2D eigenvalue weighted by atomic mass is 10.1. The van der Waals surface area contributed by atoms with Crippen LogP contribution in [0.3, 0.4) is 0 Å². The second-order valence-corrected chi connectivity index (χ2v) is 5.31. The number of nitrogens with zero attached hydrogens (tertiary/aromatic N) is 2. The molecule has 1 aliphatic heterocycles. The van der Waals surface area contributed by atoms with E-state index < -0.39 is 0 Å². The fraction of sp³-hybridized carbons (Fsp3) is 0.353. The molecule has 3 rings (SSSR count). The minimum atomic E-state index is 0.439. The van der Waals surface area contributed by atoms with E-state index in [0.717, 1.165) is 12.4 Å². The molecule has 1 aromatic heterocycles. The smallest absolute Gasteiger partial charge is 0.218 e. The summed E-state index contributed by atoms with van der Waals surface area (Å²) in [6, 6.07) is 14.8. The number of aromatic nitrogens is 1. The maximum atomic E-state index is 5.95. The number of hydrogen-bond donors (Lipinski definition) is 0. The van der Waals surface area contributed by atoms with Gasteiger partial charge in [-0.1, -0.05) is 36.4 Å². The van der Waals surface area contributed by atoms with Crippen molar-refractivity contribution in [3.63, 3.8) is 0 Å². The summed E-state index contributed by atoms with van der Waals surface area (Å²) in [6.07, 6.45) is 4.23. The molecule has 0 saturated carbocycles. The summed E-state index contributed by atoms with van der Waals surface area (Å²) in [5.41, 5.74) is 2.38. The lowest BCUT2D eigenvalue weighted by molar-refractivity contribution is 0.267. The molecule has 1 fully saturated rings. The Kier molecular flexibility index (Phi) is 3.97. The van der Waals surface area contributed by atoms with Gasteiger partial charge >= 0.3 is 0 Å². The Bertz CT molecular complexity index is 556. The Morgan fingerprint density at radius 3 is 2.80 bits per heavy atom. The Morgan fingerprint density at radius 1 is 1.20 bits per heavy atom. The Balaban J connectivity index is 1.76. The van der Waals surface area contributed by atoms with E-state index in [-0.39, 0.29) is 0 Å². The standard InChI is InChI=1S/C17H20N2O/c1-19-12-6-10-16(19)15-9-5-11-18-17(15)20-13-14-7-3-2-4-8-14/h2-5,7-9,11,16H,6,10,12-13H2,1H3/t16-/m1/s1. The molecule has 104 valence electrons. The Labute approximate surface area is 120 Å². The van der Waals surface area contributed by atoms with E-state index in [1.807, 2.05) is 24.3 Å². The van der Waals surface area contributed by atoms with E-state index >= 15 is 0 Å². The topological polar surface area (TPSA) is 25.4 Å². The zero-order valence-electron chi connectivity index (χ0n) is 11.8. The number of likely N-dealkylation sites (tertiary alicyclic amines) is 1. The lowest BCUT2D eigenvalue weighted by Gasteiger charge is -2.21. The van der Waals surface area contributed by atoms with Crippen molar-refractivity contribution in [2.45, 2.75) is 25.5 Å². The molecule has 1 aromatic carbocycles. The second kappa shape index (κ2) is 6.06. The summed E-state index contributed by atoms with van der Waals surface area (Å²) in [5, 5.41) is 0. The van der Waals surface area contributed by atoms with Crippen LogP contribution in [0.15, 0.2) is 48.7 Å². The van der Waals surface area contributed by atoms with Gasteiger partial charge in [0.1, 0.15) is 6.61 Å². The van der Waals surface area contributed by atoms with Crippen molar-refractivity contribution < 1.29 is 4.74 Å². The number of benzene rings is 1. The van der Waals surface area contributed by atoms with Gasteiger partial charge in [-0.25, -0.2) is 4.98 Å². The molecule has 0 amide bonds. The van der Waals surface area contributed by atoms with Gasteiger partial charge in [0, 0.05) is 17.8 Å². The summed E-state index contributed by atoms with van der Waals surface area (Å²) < 4.78 is 5.95. The van der Waals surface area contributed by atoms with Crippen LogP contribution in [0.1, 0.15) is 30.0 Å². The van der Waals surface area contributed by atoms with Gasteiger partial charge in [0.05, 0.1) is 0 Å². The molecular weight excluding hydrogens is 248 g/mol. The predicted octanol–water partition coefficient (Wildman–Crippen LogP) is 3.43. The molecule has 0 N–H and O–H groups in total. The number of ether oxygens (including phenoxy) is 1. The van der Waals surface area contributed by atoms with Crippen LogP contribution < -0.4 is 4.74 Å². The zero-order valence-corrected chi connectivity index (χ0v) is 11.8. The quantitative estimate of drug-likeness (QED) is 0.849. The molecule has 0 aliphatic carbocycles. The first-order valence-electron chi connectivity index (χ1n) is 7.16. The van der Waals surface area contributed by atoms with E-state index in [2.05, 4.69) is 35.1 Å². The number of pyridine rings is 1. The minimum Gasteiger partial charge on any atom is -0.473 e. The molecule has 2 aromatic rings. The highest BCUT2D eigenvalue weighted by molar-refractivity contribution is 5.30. The molecule has 3 nitrogen and oxygen atoms in total. The zero-order chi connectivity index (χ0) is 13.8. The number of rotatable bonds is 4. The van der Waals surface area contributed by atoms with Crippen LogP contribution in [0.2, 0.25) is 0 Å². The third-order valence-electron chi connectivity index (χ3n) is 3.90. The van der Waals surface area contributed by atoms with E-state index in [4.69, 9.17) is 4.74 Å². The maximum absolute atomic E-state index is 5.95. The summed E-state index contributed by atoms with van der Waals surface area (Å²) >= 11 is 0. The molecule has 3 heteroatoms. The van der Waals surface area contributed by atoms with Crippen LogP contribution in [-0.4, -0.2) is 23.5 Å². The first kappa shape index (κ1) is 13.1. The van der Waals surface area contributed by atoms with Gasteiger partial charge in [-0.3, -0.25) is 4.90 Å². The van der Waals surface area contributed by atoms with E-state index in [0.29, 0.717) is 12.6 Å². The summed E-state index contributed by atoms with van der Waals surface area (Å²) in [5.74, 6) is 0.773. The van der Waals surface area contributed by atoms with Crippen molar-refractivity contribution in [2.75, 3.05) is 13.6 Å². The maximum Gasteiger partial charge on any atom is 0.218 e. The monoisotopic (exact) mass is 268 g/mol. The van der Waals surface area contributed by atoms with Gasteiger partial charge in [-0.2, -0.15) is 0 Å². The molecule has 0 unspecified atom stereocenters. The first-order valence-corrected chi connectivity index (χ1v) is 7.16. The molecule has 0 bridgehead atoms. The van der Waals surface area contributed by atoms with Gasteiger partial charge in [-0.05, 0) is 38.1 Å². The van der Waals surface area contributed by atoms with Crippen LogP contribution in [0.4, 0.5) is 0 Å². The Hall–Kier alpha value is -1.87. The highest BCUT2D eigenvalue weighted by atomic mass is 16.5. The van der Waals surface area contributed by atoms with Crippen LogP contribution >= 0.6 is 0 Å². The fourth-order valence-electron chi connectivity index (χ4n) is 2.81. The molecule has 1 aliphatic rings. The summed E-state index contributed by atoms with van der Waals surface area (Å²) in [4.78, 5) is 6.81. The highest BCUT2D eigenvalue weighted by Gasteiger charge is 2.25. The number of hydrogen-bond acceptors (Lipinski definition) is 3. The van der Waals surface area contributed by atoms with Gasteiger partial charge in [0.25, 0.3) is 0 Å². The van der Waals surface area contributed by atoms with Crippen molar-refractivity contribution in [3.8, 4) is 5.88 Å².